The summed E-state index contributed by atoms with van der Waals surface area (Å²) in [5, 5.41) is 3.87. The van der Waals surface area contributed by atoms with Crippen molar-refractivity contribution < 1.29 is 18.7 Å². The minimum Gasteiger partial charge on any atom is -0.459 e. The number of nitrogens with zero attached hydrogens (tertiary/aromatic N) is 4. The van der Waals surface area contributed by atoms with Crippen LogP contribution in [-0.2, 0) is 29.2 Å². The molecule has 168 valence electrons. The van der Waals surface area contributed by atoms with E-state index in [0.29, 0.717) is 6.61 Å². The Hall–Kier alpha value is -3.30. The second kappa shape index (κ2) is 10.3. The molecule has 0 unspecified atom stereocenters. The molecule has 0 radical (unpaired) electrons. The Bertz CT molecular complexity index is 1170. The highest BCUT2D eigenvalue weighted by atomic mass is 35.5. The standard InChI is InChI=1S/C22H22ClFN4O4/c1-4-10-27-18(13-31-12-15-8-6-5-7-9-15)26-28(22(27)30)20-17(24)11-16(19(23)25-20)21(29)32-14(2)3/h4-9,11,14H,1,10,12-13H2,2-3H3. The zero-order chi connectivity index (χ0) is 23.3. The van der Waals surface area contributed by atoms with Gasteiger partial charge in [-0.05, 0) is 25.5 Å². The van der Waals surface area contributed by atoms with Crippen molar-refractivity contribution >= 4 is 17.6 Å². The molecule has 0 aliphatic carbocycles. The number of halogens is 2. The van der Waals surface area contributed by atoms with Crippen molar-refractivity contribution in [1.82, 2.24) is 19.3 Å². The lowest BCUT2D eigenvalue weighted by atomic mass is 10.2. The lowest BCUT2D eigenvalue weighted by Gasteiger charge is -2.10. The minimum absolute atomic E-state index is 0.000870. The Balaban J connectivity index is 1.91. The first-order chi connectivity index (χ1) is 15.3. The van der Waals surface area contributed by atoms with Crippen LogP contribution in [0.2, 0.25) is 5.15 Å². The molecular weight excluding hydrogens is 439 g/mol. The Kier molecular flexibility index (Phi) is 7.55. The van der Waals surface area contributed by atoms with E-state index in [1.54, 1.807) is 13.8 Å². The van der Waals surface area contributed by atoms with Crippen LogP contribution >= 0.6 is 11.6 Å². The van der Waals surface area contributed by atoms with E-state index >= 15 is 0 Å². The van der Waals surface area contributed by atoms with Crippen LogP contribution < -0.4 is 5.69 Å². The van der Waals surface area contributed by atoms with E-state index in [9.17, 15) is 14.0 Å². The molecule has 0 saturated heterocycles. The van der Waals surface area contributed by atoms with Crippen LogP contribution in [0, 0.1) is 5.82 Å². The number of hydrogen-bond acceptors (Lipinski definition) is 6. The smallest absolute Gasteiger partial charge is 0.352 e. The number of rotatable bonds is 9. The fraction of sp³-hybridized carbons (Fsp3) is 0.273. The highest BCUT2D eigenvalue weighted by molar-refractivity contribution is 6.32. The van der Waals surface area contributed by atoms with Gasteiger partial charge in [0.1, 0.15) is 17.3 Å². The third kappa shape index (κ3) is 5.30. The number of hydrogen-bond donors (Lipinski definition) is 0. The minimum atomic E-state index is -0.952. The molecule has 8 nitrogen and oxygen atoms in total. The van der Waals surface area contributed by atoms with Crippen LogP contribution in [0.4, 0.5) is 4.39 Å². The summed E-state index contributed by atoms with van der Waals surface area (Å²) in [5.74, 6) is -1.95. The van der Waals surface area contributed by atoms with E-state index in [0.717, 1.165) is 16.3 Å². The Morgan fingerprint density at radius 2 is 2.00 bits per heavy atom. The van der Waals surface area contributed by atoms with E-state index in [-0.39, 0.29) is 29.7 Å². The quantitative estimate of drug-likeness (QED) is 0.275. The maximum atomic E-state index is 14.8. The number of ether oxygens (including phenoxy) is 2. The average molecular weight is 461 g/mol. The van der Waals surface area contributed by atoms with Gasteiger partial charge in [0.25, 0.3) is 0 Å². The highest BCUT2D eigenvalue weighted by Gasteiger charge is 2.23. The Labute approximate surface area is 188 Å². The van der Waals surface area contributed by atoms with Gasteiger partial charge in [0.2, 0.25) is 0 Å². The fourth-order valence-corrected chi connectivity index (χ4v) is 3.07. The monoisotopic (exact) mass is 460 g/mol. The lowest BCUT2D eigenvalue weighted by molar-refractivity contribution is 0.0377. The van der Waals surface area contributed by atoms with Crippen LogP contribution in [-0.4, -0.2) is 31.4 Å². The molecule has 0 spiro atoms. The number of esters is 1. The second-order valence-electron chi connectivity index (χ2n) is 7.07. The number of allylic oxidation sites excluding steroid dienone is 1. The first-order valence-corrected chi connectivity index (χ1v) is 10.2. The Morgan fingerprint density at radius 1 is 1.28 bits per heavy atom. The van der Waals surface area contributed by atoms with Gasteiger partial charge in [-0.25, -0.2) is 19.0 Å². The molecule has 0 N–H and O–H groups in total. The van der Waals surface area contributed by atoms with Gasteiger partial charge in [-0.1, -0.05) is 48.0 Å². The van der Waals surface area contributed by atoms with Gasteiger partial charge in [0, 0.05) is 6.54 Å². The van der Waals surface area contributed by atoms with Crippen LogP contribution in [0.3, 0.4) is 0 Å². The van der Waals surface area contributed by atoms with Gasteiger partial charge >= 0.3 is 11.7 Å². The van der Waals surface area contributed by atoms with Crippen LogP contribution in [0.5, 0.6) is 0 Å². The SMILES string of the molecule is C=CCn1c(COCc2ccccc2)nn(-c2nc(Cl)c(C(=O)OC(C)C)cc2F)c1=O. The summed E-state index contributed by atoms with van der Waals surface area (Å²) in [4.78, 5) is 28.8. The third-order valence-electron chi connectivity index (χ3n) is 4.27. The normalized spacial score (nSPS) is 11.0. The molecule has 0 fully saturated rings. The second-order valence-corrected chi connectivity index (χ2v) is 7.43. The van der Waals surface area contributed by atoms with E-state index in [1.807, 2.05) is 30.3 Å². The number of carbonyl (C=O) groups is 1. The summed E-state index contributed by atoms with van der Waals surface area (Å²) in [6.45, 7) is 7.38. The number of aromatic nitrogens is 4. The molecule has 0 saturated carbocycles. The fourth-order valence-electron chi connectivity index (χ4n) is 2.86. The maximum Gasteiger partial charge on any atom is 0.352 e. The Morgan fingerprint density at radius 3 is 2.66 bits per heavy atom. The zero-order valence-electron chi connectivity index (χ0n) is 17.6. The molecule has 2 aromatic heterocycles. The van der Waals surface area contributed by atoms with Crippen molar-refractivity contribution in [3.8, 4) is 5.82 Å². The van der Waals surface area contributed by atoms with Gasteiger partial charge in [-0.15, -0.1) is 11.7 Å². The summed E-state index contributed by atoms with van der Waals surface area (Å²) in [7, 11) is 0. The molecule has 0 atom stereocenters. The van der Waals surface area contributed by atoms with E-state index in [4.69, 9.17) is 21.1 Å². The molecule has 1 aromatic carbocycles. The largest absolute Gasteiger partial charge is 0.459 e. The summed E-state index contributed by atoms with van der Waals surface area (Å²) < 4.78 is 27.6. The van der Waals surface area contributed by atoms with Gasteiger partial charge < -0.3 is 9.47 Å². The molecule has 3 rings (SSSR count). The number of benzene rings is 1. The first-order valence-electron chi connectivity index (χ1n) is 9.80. The van der Waals surface area contributed by atoms with Crippen LogP contribution in [0.15, 0.2) is 53.8 Å². The summed E-state index contributed by atoms with van der Waals surface area (Å²) in [5.41, 5.74) is 0.0581. The van der Waals surface area contributed by atoms with Crippen LogP contribution in [0.25, 0.3) is 5.82 Å². The van der Waals surface area contributed by atoms with Crippen molar-refractivity contribution in [2.24, 2.45) is 0 Å². The molecule has 0 amide bonds. The molecule has 10 heteroatoms. The first kappa shape index (κ1) is 23.4. The van der Waals surface area contributed by atoms with Crippen molar-refractivity contribution in [3.63, 3.8) is 0 Å². The van der Waals surface area contributed by atoms with Gasteiger partial charge in [-0.2, -0.15) is 4.68 Å². The van der Waals surface area contributed by atoms with Crippen LogP contribution in [0.1, 0.15) is 35.6 Å². The molecule has 0 bridgehead atoms. The molecule has 0 aliphatic heterocycles. The maximum absolute atomic E-state index is 14.8. The van der Waals surface area contributed by atoms with Gasteiger partial charge in [0.15, 0.2) is 17.5 Å². The molecule has 3 aromatic rings. The predicted molar refractivity (Wildman–Crippen MR) is 116 cm³/mol. The molecule has 0 aliphatic rings. The van der Waals surface area contributed by atoms with E-state index in [2.05, 4.69) is 16.7 Å². The lowest BCUT2D eigenvalue weighted by Crippen LogP contribution is -2.26. The topological polar surface area (TPSA) is 88.2 Å². The third-order valence-corrected chi connectivity index (χ3v) is 4.56. The molecular formula is C22H22ClFN4O4. The van der Waals surface area contributed by atoms with Gasteiger partial charge in [-0.3, -0.25) is 4.57 Å². The number of carbonyl (C=O) groups excluding carboxylic acids is 1. The van der Waals surface area contributed by atoms with Crippen molar-refractivity contribution in [1.29, 1.82) is 0 Å². The average Bonchev–Trinajstić information content (AvgIpc) is 3.05. The predicted octanol–water partition coefficient (Wildman–Crippen LogP) is 3.69. The highest BCUT2D eigenvalue weighted by Crippen LogP contribution is 2.20. The summed E-state index contributed by atoms with van der Waals surface area (Å²) in [6, 6.07) is 10.4. The summed E-state index contributed by atoms with van der Waals surface area (Å²) >= 11 is 6.07. The summed E-state index contributed by atoms with van der Waals surface area (Å²) in [6.07, 6.45) is 1.09. The number of pyridine rings is 1. The van der Waals surface area contributed by atoms with Crippen molar-refractivity contribution in [2.45, 2.75) is 39.7 Å². The molecule has 2 heterocycles. The van der Waals surface area contributed by atoms with E-state index in [1.165, 1.54) is 10.6 Å². The van der Waals surface area contributed by atoms with Gasteiger partial charge in [0.05, 0.1) is 12.7 Å². The van der Waals surface area contributed by atoms with Crippen molar-refractivity contribution in [3.05, 3.63) is 87.5 Å². The van der Waals surface area contributed by atoms with E-state index < -0.39 is 29.4 Å². The van der Waals surface area contributed by atoms with Crippen molar-refractivity contribution in [2.75, 3.05) is 0 Å². The zero-order valence-corrected chi connectivity index (χ0v) is 18.4. The molecule has 32 heavy (non-hydrogen) atoms.